The van der Waals surface area contributed by atoms with Gasteiger partial charge in [-0.1, -0.05) is 85.4 Å². The molecule has 3 aromatic rings. The van der Waals surface area contributed by atoms with Gasteiger partial charge in [-0.15, -0.1) is 0 Å². The molecule has 1 aliphatic carbocycles. The molecule has 0 unspecified atom stereocenters. The molecule has 1 aromatic heterocycles. The van der Waals surface area contributed by atoms with Crippen molar-refractivity contribution in [3.05, 3.63) is 77.3 Å². The van der Waals surface area contributed by atoms with Crippen molar-refractivity contribution >= 4 is 40.3 Å². The van der Waals surface area contributed by atoms with Gasteiger partial charge in [0.2, 0.25) is 0 Å². The zero-order valence-electron chi connectivity index (χ0n) is 16.4. The van der Waals surface area contributed by atoms with Gasteiger partial charge in [0, 0.05) is 23.4 Å². The van der Waals surface area contributed by atoms with E-state index in [2.05, 4.69) is 0 Å². The smallest absolute Gasteiger partial charge is 0.266 e. The molecule has 4 nitrogen and oxygen atoms in total. The second kappa shape index (κ2) is 8.20. The van der Waals surface area contributed by atoms with Crippen LogP contribution in [0.1, 0.15) is 31.2 Å². The van der Waals surface area contributed by atoms with E-state index in [0.29, 0.717) is 9.23 Å². The fourth-order valence-electron chi connectivity index (χ4n) is 4.12. The van der Waals surface area contributed by atoms with Crippen molar-refractivity contribution in [1.82, 2.24) is 14.7 Å². The lowest BCUT2D eigenvalue weighted by Gasteiger charge is -2.21. The zero-order valence-corrected chi connectivity index (χ0v) is 18.0. The van der Waals surface area contributed by atoms with Gasteiger partial charge in [-0.3, -0.25) is 9.69 Å². The molecule has 150 valence electrons. The van der Waals surface area contributed by atoms with Gasteiger partial charge in [-0.25, -0.2) is 4.68 Å². The summed E-state index contributed by atoms with van der Waals surface area (Å²) in [5.41, 5.74) is 3.76. The highest BCUT2D eigenvalue weighted by atomic mass is 32.2. The van der Waals surface area contributed by atoms with Crippen LogP contribution in [0.5, 0.6) is 0 Å². The van der Waals surface area contributed by atoms with Crippen LogP contribution >= 0.6 is 24.0 Å². The molecular weight excluding hydrogens is 410 g/mol. The van der Waals surface area contributed by atoms with Crippen LogP contribution in [0.2, 0.25) is 0 Å². The molecule has 1 saturated carbocycles. The predicted molar refractivity (Wildman–Crippen MR) is 126 cm³/mol. The minimum absolute atomic E-state index is 0.0309. The second-order valence-corrected chi connectivity index (χ2v) is 9.24. The van der Waals surface area contributed by atoms with Crippen LogP contribution < -0.4 is 0 Å². The highest BCUT2D eigenvalue weighted by Gasteiger charge is 2.38. The van der Waals surface area contributed by atoms with Crippen LogP contribution in [-0.4, -0.2) is 30.9 Å². The zero-order chi connectivity index (χ0) is 20.5. The highest BCUT2D eigenvalue weighted by Crippen LogP contribution is 2.38. The summed E-state index contributed by atoms with van der Waals surface area (Å²) in [4.78, 5) is 15.7. The molecule has 2 aliphatic rings. The second-order valence-electron chi connectivity index (χ2n) is 7.57. The maximum atomic E-state index is 13.2. The minimum Gasteiger partial charge on any atom is -0.290 e. The maximum Gasteiger partial charge on any atom is 0.266 e. The van der Waals surface area contributed by atoms with Crippen molar-refractivity contribution in [3.8, 4) is 16.9 Å². The number of para-hydroxylation sites is 1. The number of thiocarbonyl (C=S) groups is 1. The third-order valence-electron chi connectivity index (χ3n) is 5.61. The molecule has 2 heterocycles. The molecular formula is C24H21N3OS2. The number of benzene rings is 2. The molecule has 30 heavy (non-hydrogen) atoms. The molecule has 2 fully saturated rings. The normalized spacial score (nSPS) is 18.7. The molecule has 6 heteroatoms. The third-order valence-corrected chi connectivity index (χ3v) is 6.94. The molecule has 0 spiro atoms. The van der Waals surface area contributed by atoms with Crippen LogP contribution in [0.15, 0.2) is 71.8 Å². The van der Waals surface area contributed by atoms with Crippen LogP contribution in [0.3, 0.4) is 0 Å². The predicted octanol–water partition coefficient (Wildman–Crippen LogP) is 5.68. The van der Waals surface area contributed by atoms with Gasteiger partial charge < -0.3 is 0 Å². The summed E-state index contributed by atoms with van der Waals surface area (Å²) in [6, 6.07) is 20.3. The van der Waals surface area contributed by atoms with Crippen LogP contribution in [0.4, 0.5) is 0 Å². The number of hydrogen-bond donors (Lipinski definition) is 0. The lowest BCUT2D eigenvalue weighted by atomic mass is 10.1. The molecule has 5 rings (SSSR count). The summed E-state index contributed by atoms with van der Waals surface area (Å²) in [6.45, 7) is 0. The van der Waals surface area contributed by atoms with E-state index in [9.17, 15) is 4.79 Å². The topological polar surface area (TPSA) is 38.1 Å². The van der Waals surface area contributed by atoms with Gasteiger partial charge in [0.25, 0.3) is 5.91 Å². The monoisotopic (exact) mass is 431 g/mol. The fraction of sp³-hybridized carbons (Fsp3) is 0.208. The Morgan fingerprint density at radius 1 is 1.00 bits per heavy atom. The Morgan fingerprint density at radius 3 is 2.37 bits per heavy atom. The van der Waals surface area contributed by atoms with E-state index < -0.39 is 0 Å². The average molecular weight is 432 g/mol. The summed E-state index contributed by atoms with van der Waals surface area (Å²) in [5, 5.41) is 4.84. The van der Waals surface area contributed by atoms with E-state index in [4.69, 9.17) is 17.3 Å². The molecule has 0 atom stereocenters. The van der Waals surface area contributed by atoms with Crippen molar-refractivity contribution in [2.24, 2.45) is 0 Å². The highest BCUT2D eigenvalue weighted by molar-refractivity contribution is 8.26. The molecule has 2 aromatic carbocycles. The maximum absolute atomic E-state index is 13.2. The number of rotatable bonds is 4. The Bertz CT molecular complexity index is 1120. The average Bonchev–Trinajstić information content (AvgIpc) is 3.50. The van der Waals surface area contributed by atoms with E-state index in [1.807, 2.05) is 82.5 Å². The SMILES string of the molecule is O=C1/C(=C/c2cn(-c3ccccc3)nc2-c2ccccc2)SC(=S)N1C1CCCC1. The number of carbonyl (C=O) groups excluding carboxylic acids is 1. The Hall–Kier alpha value is -2.70. The lowest BCUT2D eigenvalue weighted by Crippen LogP contribution is -2.36. The first-order valence-corrected chi connectivity index (χ1v) is 11.4. The van der Waals surface area contributed by atoms with E-state index >= 15 is 0 Å². The first-order valence-electron chi connectivity index (χ1n) is 10.2. The third kappa shape index (κ3) is 3.61. The van der Waals surface area contributed by atoms with Crippen molar-refractivity contribution in [2.45, 2.75) is 31.7 Å². The molecule has 1 aliphatic heterocycles. The number of amides is 1. The summed E-state index contributed by atoms with van der Waals surface area (Å²) in [7, 11) is 0. The first-order chi connectivity index (χ1) is 14.7. The van der Waals surface area contributed by atoms with Gasteiger partial charge in [0.05, 0.1) is 16.3 Å². The van der Waals surface area contributed by atoms with E-state index in [-0.39, 0.29) is 11.9 Å². The van der Waals surface area contributed by atoms with Gasteiger partial charge in [0.1, 0.15) is 4.32 Å². The van der Waals surface area contributed by atoms with Crippen molar-refractivity contribution < 1.29 is 4.79 Å². The summed E-state index contributed by atoms with van der Waals surface area (Å²) < 4.78 is 2.54. The van der Waals surface area contributed by atoms with Gasteiger partial charge in [-0.2, -0.15) is 5.10 Å². The quantitative estimate of drug-likeness (QED) is 0.393. The lowest BCUT2D eigenvalue weighted by molar-refractivity contribution is -0.123. The van der Waals surface area contributed by atoms with Gasteiger partial charge in [0.15, 0.2) is 0 Å². The standard InChI is InChI=1S/C24H21N3OS2/c28-23-21(30-24(29)27(23)20-13-7-8-14-20)15-18-16-26(19-11-5-2-6-12-19)25-22(18)17-9-3-1-4-10-17/h1-6,9-12,15-16,20H,7-8,13-14H2/b21-15-. The Labute approximate surface area is 185 Å². The van der Waals surface area contributed by atoms with Crippen LogP contribution in [-0.2, 0) is 4.79 Å². The van der Waals surface area contributed by atoms with Crippen LogP contribution in [0, 0.1) is 0 Å². The molecule has 0 bridgehead atoms. The summed E-state index contributed by atoms with van der Waals surface area (Å²) in [6.07, 6.45) is 8.36. The summed E-state index contributed by atoms with van der Waals surface area (Å²) in [5.74, 6) is 0.0309. The number of thioether (sulfide) groups is 1. The Morgan fingerprint density at radius 2 is 1.67 bits per heavy atom. The number of hydrogen-bond acceptors (Lipinski definition) is 4. The van der Waals surface area contributed by atoms with E-state index in [0.717, 1.165) is 35.3 Å². The number of aromatic nitrogens is 2. The van der Waals surface area contributed by atoms with Crippen LogP contribution in [0.25, 0.3) is 23.0 Å². The molecule has 0 N–H and O–H groups in total. The van der Waals surface area contributed by atoms with E-state index in [1.165, 1.54) is 24.6 Å². The fourth-order valence-corrected chi connectivity index (χ4v) is 5.52. The summed E-state index contributed by atoms with van der Waals surface area (Å²) >= 11 is 6.97. The molecule has 0 radical (unpaired) electrons. The van der Waals surface area contributed by atoms with Crippen molar-refractivity contribution in [2.75, 3.05) is 0 Å². The van der Waals surface area contributed by atoms with Crippen molar-refractivity contribution in [1.29, 1.82) is 0 Å². The number of carbonyl (C=O) groups is 1. The largest absolute Gasteiger partial charge is 0.290 e. The Kier molecular flexibility index (Phi) is 5.27. The van der Waals surface area contributed by atoms with Gasteiger partial charge >= 0.3 is 0 Å². The number of nitrogens with zero attached hydrogens (tertiary/aromatic N) is 3. The van der Waals surface area contributed by atoms with Gasteiger partial charge in [-0.05, 0) is 31.1 Å². The van der Waals surface area contributed by atoms with Crippen molar-refractivity contribution in [3.63, 3.8) is 0 Å². The molecule has 1 amide bonds. The Balaban J connectivity index is 1.56. The first kappa shape index (κ1) is 19.3. The molecule has 1 saturated heterocycles. The minimum atomic E-state index is 0.0309. The van der Waals surface area contributed by atoms with E-state index in [1.54, 1.807) is 0 Å².